The Morgan fingerprint density at radius 3 is 2.75 bits per heavy atom. The molecule has 2 aromatic rings. The van der Waals surface area contributed by atoms with Crippen molar-refractivity contribution >= 4 is 44.6 Å². The number of carboxylic acid groups (broad SMARTS) is 1. The van der Waals surface area contributed by atoms with Crippen molar-refractivity contribution in [3.8, 4) is 0 Å². The van der Waals surface area contributed by atoms with E-state index < -0.39 is 10.9 Å². The van der Waals surface area contributed by atoms with Gasteiger partial charge >= 0.3 is 5.97 Å². The molecule has 0 saturated heterocycles. The molecule has 6 nitrogen and oxygen atoms in total. The van der Waals surface area contributed by atoms with Gasteiger partial charge in [0.25, 0.3) is 5.69 Å². The summed E-state index contributed by atoms with van der Waals surface area (Å²) in [7, 11) is 0. The molecule has 0 atom stereocenters. The number of nitrogens with zero attached hydrogens (tertiary/aromatic N) is 1. The van der Waals surface area contributed by atoms with Gasteiger partial charge in [0, 0.05) is 39.1 Å². The van der Waals surface area contributed by atoms with Crippen LogP contribution in [-0.2, 0) is 6.54 Å². The quantitative estimate of drug-likeness (QED) is 0.628. The highest BCUT2D eigenvalue weighted by Gasteiger charge is 2.10. The summed E-state index contributed by atoms with van der Waals surface area (Å²) >= 11 is 4.60. The standard InChI is InChI=1S/C12H9BrN2O4S/c13-10-4-8(15(18)19)1-2-11(10)14-5-9-3-7(6-20-9)12(16)17/h1-4,6,14H,5H2,(H,16,17). The molecule has 2 rings (SSSR count). The molecule has 8 heteroatoms. The van der Waals surface area contributed by atoms with Gasteiger partial charge in [-0.3, -0.25) is 10.1 Å². The van der Waals surface area contributed by atoms with Gasteiger partial charge < -0.3 is 10.4 Å². The second-order valence-electron chi connectivity index (χ2n) is 3.88. The summed E-state index contributed by atoms with van der Waals surface area (Å²) in [6.45, 7) is 0.453. The average molecular weight is 357 g/mol. The summed E-state index contributed by atoms with van der Waals surface area (Å²) in [5.74, 6) is -0.955. The van der Waals surface area contributed by atoms with E-state index in [1.54, 1.807) is 17.5 Å². The molecule has 20 heavy (non-hydrogen) atoms. The van der Waals surface area contributed by atoms with Crippen molar-refractivity contribution in [1.82, 2.24) is 0 Å². The van der Waals surface area contributed by atoms with Crippen LogP contribution >= 0.6 is 27.3 Å². The van der Waals surface area contributed by atoms with Gasteiger partial charge in [-0.2, -0.15) is 0 Å². The van der Waals surface area contributed by atoms with Gasteiger partial charge in [-0.05, 0) is 28.1 Å². The van der Waals surface area contributed by atoms with E-state index in [4.69, 9.17) is 5.11 Å². The Morgan fingerprint density at radius 1 is 1.45 bits per heavy atom. The second-order valence-corrected chi connectivity index (χ2v) is 5.73. The van der Waals surface area contributed by atoms with Crippen LogP contribution in [0.3, 0.4) is 0 Å². The normalized spacial score (nSPS) is 10.2. The Balaban J connectivity index is 2.06. The molecule has 104 valence electrons. The number of rotatable bonds is 5. The van der Waals surface area contributed by atoms with Crippen LogP contribution < -0.4 is 5.32 Å². The number of carbonyl (C=O) groups is 1. The molecule has 0 aliphatic heterocycles. The highest BCUT2D eigenvalue weighted by molar-refractivity contribution is 9.10. The van der Waals surface area contributed by atoms with Crippen LogP contribution in [-0.4, -0.2) is 16.0 Å². The smallest absolute Gasteiger partial charge is 0.336 e. The number of aromatic carboxylic acids is 1. The van der Waals surface area contributed by atoms with Crippen molar-refractivity contribution in [2.45, 2.75) is 6.54 Å². The minimum atomic E-state index is -0.955. The summed E-state index contributed by atoms with van der Waals surface area (Å²) in [6.07, 6.45) is 0. The third kappa shape index (κ3) is 3.34. The van der Waals surface area contributed by atoms with E-state index in [-0.39, 0.29) is 11.3 Å². The maximum Gasteiger partial charge on any atom is 0.336 e. The lowest BCUT2D eigenvalue weighted by Crippen LogP contribution is -1.99. The van der Waals surface area contributed by atoms with Crippen molar-refractivity contribution in [3.05, 3.63) is 54.7 Å². The molecular weight excluding hydrogens is 348 g/mol. The lowest BCUT2D eigenvalue weighted by atomic mass is 10.2. The first-order valence-electron chi connectivity index (χ1n) is 5.46. The zero-order valence-corrected chi connectivity index (χ0v) is 12.4. The number of carboxylic acids is 1. The van der Waals surface area contributed by atoms with Gasteiger partial charge in [-0.25, -0.2) is 4.79 Å². The third-order valence-corrected chi connectivity index (χ3v) is 4.11. The number of nitrogens with one attached hydrogen (secondary N) is 1. The average Bonchev–Trinajstić information content (AvgIpc) is 2.86. The molecule has 0 fully saturated rings. The van der Waals surface area contributed by atoms with Crippen LogP contribution in [0.5, 0.6) is 0 Å². The summed E-state index contributed by atoms with van der Waals surface area (Å²) < 4.78 is 0.585. The number of hydrogen-bond donors (Lipinski definition) is 2. The molecule has 0 saturated carbocycles. The molecule has 2 N–H and O–H groups in total. The second kappa shape index (κ2) is 6.02. The number of nitro benzene ring substituents is 1. The molecule has 0 aliphatic carbocycles. The van der Waals surface area contributed by atoms with Gasteiger partial charge in [0.1, 0.15) is 0 Å². The predicted octanol–water partition coefficient (Wildman–Crippen LogP) is 3.73. The summed E-state index contributed by atoms with van der Waals surface area (Å²) in [6, 6.07) is 6.02. The fourth-order valence-corrected chi connectivity index (χ4v) is 2.83. The summed E-state index contributed by atoms with van der Waals surface area (Å²) in [5.41, 5.74) is 0.974. The summed E-state index contributed by atoms with van der Waals surface area (Å²) in [5, 5.41) is 24.1. The summed E-state index contributed by atoms with van der Waals surface area (Å²) in [4.78, 5) is 21.8. The van der Waals surface area contributed by atoms with Gasteiger partial charge in [-0.15, -0.1) is 11.3 Å². The molecule has 0 spiro atoms. The topological polar surface area (TPSA) is 92.5 Å². The maximum absolute atomic E-state index is 10.8. The molecule has 0 amide bonds. The molecule has 0 aliphatic rings. The minimum absolute atomic E-state index is 0.00621. The van der Waals surface area contributed by atoms with E-state index in [0.717, 1.165) is 4.88 Å². The van der Waals surface area contributed by atoms with Crippen molar-refractivity contribution in [1.29, 1.82) is 0 Å². The number of non-ortho nitro benzene ring substituents is 1. The molecule has 0 bridgehead atoms. The third-order valence-electron chi connectivity index (χ3n) is 2.52. The lowest BCUT2D eigenvalue weighted by Gasteiger charge is -2.06. The van der Waals surface area contributed by atoms with Crippen molar-refractivity contribution < 1.29 is 14.8 Å². The van der Waals surface area contributed by atoms with Crippen LogP contribution in [0.1, 0.15) is 15.2 Å². The Bertz CT molecular complexity index is 671. The van der Waals surface area contributed by atoms with Crippen molar-refractivity contribution in [2.24, 2.45) is 0 Å². The van der Waals surface area contributed by atoms with E-state index in [9.17, 15) is 14.9 Å². The zero-order valence-electron chi connectivity index (χ0n) is 10.00. The Kier molecular flexibility index (Phi) is 4.35. The highest BCUT2D eigenvalue weighted by Crippen LogP contribution is 2.28. The first-order valence-corrected chi connectivity index (χ1v) is 7.13. The fraction of sp³-hybridized carbons (Fsp3) is 0.0833. The van der Waals surface area contributed by atoms with Crippen LogP contribution in [0, 0.1) is 10.1 Å². The Hall–Kier alpha value is -1.93. The van der Waals surface area contributed by atoms with Crippen LogP contribution in [0.4, 0.5) is 11.4 Å². The number of thiophene rings is 1. The van der Waals surface area contributed by atoms with Crippen molar-refractivity contribution in [2.75, 3.05) is 5.32 Å². The van der Waals surface area contributed by atoms with Crippen LogP contribution in [0.15, 0.2) is 34.1 Å². The monoisotopic (exact) mass is 356 g/mol. The van der Waals surface area contributed by atoms with Crippen LogP contribution in [0.25, 0.3) is 0 Å². The van der Waals surface area contributed by atoms with E-state index in [2.05, 4.69) is 21.2 Å². The number of nitro groups is 1. The molecule has 0 unspecified atom stereocenters. The Morgan fingerprint density at radius 2 is 2.20 bits per heavy atom. The molecule has 0 radical (unpaired) electrons. The van der Waals surface area contributed by atoms with Crippen molar-refractivity contribution in [3.63, 3.8) is 0 Å². The van der Waals surface area contributed by atoms with E-state index in [1.807, 2.05) is 0 Å². The maximum atomic E-state index is 10.8. The first-order chi connectivity index (χ1) is 9.47. The van der Waals surface area contributed by atoms with Gasteiger partial charge in [0.05, 0.1) is 10.5 Å². The molecule has 1 heterocycles. The number of anilines is 1. The molecule has 1 aromatic heterocycles. The fourth-order valence-electron chi connectivity index (χ4n) is 1.53. The predicted molar refractivity (Wildman–Crippen MR) is 79.4 cm³/mol. The van der Waals surface area contributed by atoms with Gasteiger partial charge in [0.2, 0.25) is 0 Å². The van der Waals surface area contributed by atoms with E-state index in [0.29, 0.717) is 16.7 Å². The first kappa shape index (κ1) is 14.5. The van der Waals surface area contributed by atoms with Gasteiger partial charge in [-0.1, -0.05) is 0 Å². The number of halogens is 1. The lowest BCUT2D eigenvalue weighted by molar-refractivity contribution is -0.384. The highest BCUT2D eigenvalue weighted by atomic mass is 79.9. The molecular formula is C12H9BrN2O4S. The minimum Gasteiger partial charge on any atom is -0.478 e. The molecule has 1 aromatic carbocycles. The Labute approximate surface area is 126 Å². The number of benzene rings is 1. The zero-order chi connectivity index (χ0) is 14.7. The van der Waals surface area contributed by atoms with E-state index in [1.165, 1.54) is 23.5 Å². The van der Waals surface area contributed by atoms with E-state index >= 15 is 0 Å². The van der Waals surface area contributed by atoms with Gasteiger partial charge in [0.15, 0.2) is 0 Å². The van der Waals surface area contributed by atoms with Crippen LogP contribution in [0.2, 0.25) is 0 Å². The SMILES string of the molecule is O=C(O)c1csc(CNc2ccc([N+](=O)[O-])cc2Br)c1. The largest absolute Gasteiger partial charge is 0.478 e. The number of hydrogen-bond acceptors (Lipinski definition) is 5.